The van der Waals surface area contributed by atoms with Crippen LogP contribution in [0, 0.1) is 0 Å². The van der Waals surface area contributed by atoms with Gasteiger partial charge in [0.1, 0.15) is 0 Å². The Hall–Kier alpha value is -0.380. The van der Waals surface area contributed by atoms with Gasteiger partial charge in [-0.2, -0.15) is 0 Å². The van der Waals surface area contributed by atoms with Gasteiger partial charge in [0.25, 0.3) is 5.92 Å². The van der Waals surface area contributed by atoms with E-state index in [2.05, 4.69) is 0 Å². The summed E-state index contributed by atoms with van der Waals surface area (Å²) >= 11 is 5.31. The van der Waals surface area contributed by atoms with Gasteiger partial charge in [-0.15, -0.1) is 11.6 Å². The molecule has 70 valence electrons. The minimum atomic E-state index is -2.69. The quantitative estimate of drug-likeness (QED) is 0.615. The molecule has 0 N–H and O–H groups in total. The number of carbonyl (C=O) groups is 1. The summed E-state index contributed by atoms with van der Waals surface area (Å²) in [6.45, 7) is -0.286. The molecule has 0 radical (unpaired) electrons. The van der Waals surface area contributed by atoms with E-state index >= 15 is 0 Å². The molecule has 5 heteroatoms. The SMILES string of the molecule is O=C(CCCl)N1CCC(F)(F)C1. The summed E-state index contributed by atoms with van der Waals surface area (Å²) < 4.78 is 25.1. The fourth-order valence-corrected chi connectivity index (χ4v) is 1.35. The first-order chi connectivity index (χ1) is 5.55. The van der Waals surface area contributed by atoms with Crippen molar-refractivity contribution in [3.8, 4) is 0 Å². The number of halogens is 3. The van der Waals surface area contributed by atoms with Gasteiger partial charge in [0.15, 0.2) is 0 Å². The topological polar surface area (TPSA) is 20.3 Å². The molecule has 0 aromatic rings. The van der Waals surface area contributed by atoms with E-state index in [0.717, 1.165) is 0 Å². The van der Waals surface area contributed by atoms with Crippen molar-refractivity contribution in [3.05, 3.63) is 0 Å². The number of hydrogen-bond acceptors (Lipinski definition) is 1. The molecule has 1 saturated heterocycles. The van der Waals surface area contributed by atoms with E-state index in [-0.39, 0.29) is 31.2 Å². The molecule has 0 saturated carbocycles. The lowest BCUT2D eigenvalue weighted by Gasteiger charge is -2.14. The average molecular weight is 198 g/mol. The highest BCUT2D eigenvalue weighted by atomic mass is 35.5. The van der Waals surface area contributed by atoms with Crippen molar-refractivity contribution in [2.24, 2.45) is 0 Å². The highest BCUT2D eigenvalue weighted by molar-refractivity contribution is 6.18. The Bertz CT molecular complexity index is 186. The highest BCUT2D eigenvalue weighted by Crippen LogP contribution is 2.26. The van der Waals surface area contributed by atoms with E-state index < -0.39 is 12.5 Å². The lowest BCUT2D eigenvalue weighted by Crippen LogP contribution is -2.31. The summed E-state index contributed by atoms with van der Waals surface area (Å²) in [6.07, 6.45) is -0.0708. The zero-order valence-corrected chi connectivity index (χ0v) is 7.28. The molecule has 2 nitrogen and oxygen atoms in total. The maximum atomic E-state index is 12.6. The van der Waals surface area contributed by atoms with Crippen LogP contribution in [0.25, 0.3) is 0 Å². The van der Waals surface area contributed by atoms with E-state index in [0.29, 0.717) is 0 Å². The second-order valence-corrected chi connectivity index (χ2v) is 3.24. The second kappa shape index (κ2) is 3.56. The van der Waals surface area contributed by atoms with Gasteiger partial charge < -0.3 is 4.90 Å². The second-order valence-electron chi connectivity index (χ2n) is 2.86. The molecule has 0 aromatic carbocycles. The summed E-state index contributed by atoms with van der Waals surface area (Å²) in [4.78, 5) is 12.2. The normalized spacial score (nSPS) is 21.4. The standard InChI is InChI=1S/C7H10ClF2NO/c8-3-1-6(12)11-4-2-7(9,10)5-11/h1-5H2. The molecular formula is C7H10ClF2NO. The van der Waals surface area contributed by atoms with Crippen molar-refractivity contribution >= 4 is 17.5 Å². The molecule has 0 atom stereocenters. The molecule has 0 aromatic heterocycles. The molecule has 1 aliphatic heterocycles. The van der Waals surface area contributed by atoms with Crippen LogP contribution >= 0.6 is 11.6 Å². The summed E-state index contributed by atoms with van der Waals surface area (Å²) in [6, 6.07) is 0. The lowest BCUT2D eigenvalue weighted by atomic mass is 10.3. The molecule has 0 spiro atoms. The summed E-state index contributed by atoms with van der Waals surface area (Å²) in [7, 11) is 0. The maximum Gasteiger partial charge on any atom is 0.267 e. The van der Waals surface area contributed by atoms with Gasteiger partial charge in [-0.3, -0.25) is 4.79 Å². The van der Waals surface area contributed by atoms with E-state index in [4.69, 9.17) is 11.6 Å². The van der Waals surface area contributed by atoms with Crippen molar-refractivity contribution in [2.45, 2.75) is 18.8 Å². The van der Waals surface area contributed by atoms with Crippen molar-refractivity contribution in [1.29, 1.82) is 0 Å². The molecule has 0 aliphatic carbocycles. The van der Waals surface area contributed by atoms with Crippen LogP contribution in [0.15, 0.2) is 0 Å². The lowest BCUT2D eigenvalue weighted by molar-refractivity contribution is -0.131. The molecule has 1 heterocycles. The third kappa shape index (κ3) is 2.30. The van der Waals surface area contributed by atoms with E-state index in [1.165, 1.54) is 4.90 Å². The number of carbonyl (C=O) groups excluding carboxylic acids is 1. The van der Waals surface area contributed by atoms with Crippen molar-refractivity contribution in [1.82, 2.24) is 4.90 Å². The number of amides is 1. The van der Waals surface area contributed by atoms with Crippen LogP contribution in [0.2, 0.25) is 0 Å². The summed E-state index contributed by atoms with van der Waals surface area (Å²) in [5.74, 6) is -2.77. The molecule has 1 aliphatic rings. The van der Waals surface area contributed by atoms with Crippen LogP contribution in [0.3, 0.4) is 0 Å². The van der Waals surface area contributed by atoms with Crippen LogP contribution in [0.5, 0.6) is 0 Å². The van der Waals surface area contributed by atoms with Gasteiger partial charge in [-0.25, -0.2) is 8.78 Å². The Kier molecular flexibility index (Phi) is 2.88. The molecule has 1 rings (SSSR count). The van der Waals surface area contributed by atoms with Gasteiger partial charge in [0.05, 0.1) is 6.54 Å². The monoisotopic (exact) mass is 197 g/mol. The molecule has 0 bridgehead atoms. The Morgan fingerprint density at radius 2 is 2.25 bits per heavy atom. The largest absolute Gasteiger partial charge is 0.336 e. The van der Waals surface area contributed by atoms with Gasteiger partial charge >= 0.3 is 0 Å². The van der Waals surface area contributed by atoms with Crippen LogP contribution < -0.4 is 0 Å². The van der Waals surface area contributed by atoms with Crippen LogP contribution in [-0.2, 0) is 4.79 Å². The van der Waals surface area contributed by atoms with Crippen molar-refractivity contribution in [3.63, 3.8) is 0 Å². The van der Waals surface area contributed by atoms with Gasteiger partial charge in [-0.1, -0.05) is 0 Å². The summed E-state index contributed by atoms with van der Waals surface area (Å²) in [5, 5.41) is 0. The van der Waals surface area contributed by atoms with Crippen LogP contribution in [-0.4, -0.2) is 35.7 Å². The van der Waals surface area contributed by atoms with Gasteiger partial charge in [0, 0.05) is 25.3 Å². The van der Waals surface area contributed by atoms with Crippen LogP contribution in [0.4, 0.5) is 8.78 Å². The fourth-order valence-electron chi connectivity index (χ4n) is 1.19. The molecule has 1 amide bonds. The Labute approximate surface area is 74.5 Å². The average Bonchev–Trinajstić information content (AvgIpc) is 2.31. The van der Waals surface area contributed by atoms with Crippen molar-refractivity contribution in [2.75, 3.05) is 19.0 Å². The predicted octanol–water partition coefficient (Wildman–Crippen LogP) is 1.48. The van der Waals surface area contributed by atoms with Gasteiger partial charge in [-0.05, 0) is 0 Å². The minimum Gasteiger partial charge on any atom is -0.336 e. The number of hydrogen-bond donors (Lipinski definition) is 0. The zero-order chi connectivity index (χ0) is 9.19. The molecule has 0 unspecified atom stereocenters. The number of likely N-dealkylation sites (tertiary alicyclic amines) is 1. The highest BCUT2D eigenvalue weighted by Gasteiger charge is 2.39. The molecule has 1 fully saturated rings. The van der Waals surface area contributed by atoms with E-state index in [1.807, 2.05) is 0 Å². The maximum absolute atomic E-state index is 12.6. The number of rotatable bonds is 2. The Morgan fingerprint density at radius 3 is 2.67 bits per heavy atom. The fraction of sp³-hybridized carbons (Fsp3) is 0.857. The predicted molar refractivity (Wildman–Crippen MR) is 41.5 cm³/mol. The van der Waals surface area contributed by atoms with E-state index in [1.54, 1.807) is 0 Å². The molecule has 12 heavy (non-hydrogen) atoms. The number of nitrogens with zero attached hydrogens (tertiary/aromatic N) is 1. The van der Waals surface area contributed by atoms with E-state index in [9.17, 15) is 13.6 Å². The third-order valence-corrected chi connectivity index (χ3v) is 2.02. The zero-order valence-electron chi connectivity index (χ0n) is 6.52. The minimum absolute atomic E-state index is 0.150. The summed E-state index contributed by atoms with van der Waals surface area (Å²) in [5.41, 5.74) is 0. The first kappa shape index (κ1) is 9.71. The third-order valence-electron chi connectivity index (χ3n) is 1.83. The van der Waals surface area contributed by atoms with Gasteiger partial charge in [0.2, 0.25) is 5.91 Å². The first-order valence-electron chi connectivity index (χ1n) is 3.77. The smallest absolute Gasteiger partial charge is 0.267 e. The molecular weight excluding hydrogens is 188 g/mol. The van der Waals surface area contributed by atoms with Crippen LogP contribution in [0.1, 0.15) is 12.8 Å². The number of alkyl halides is 3. The Morgan fingerprint density at radius 1 is 1.58 bits per heavy atom. The van der Waals surface area contributed by atoms with Crippen molar-refractivity contribution < 1.29 is 13.6 Å². The first-order valence-corrected chi connectivity index (χ1v) is 4.30. The Balaban J connectivity index is 2.41.